The van der Waals surface area contributed by atoms with Crippen molar-refractivity contribution in [2.75, 3.05) is 0 Å². The van der Waals surface area contributed by atoms with Crippen molar-refractivity contribution in [3.05, 3.63) is 35.4 Å². The number of alkyl halides is 3. The average molecular weight is 260 g/mol. The molecule has 102 valence electrons. The fourth-order valence-electron chi connectivity index (χ4n) is 1.61. The fraction of sp³-hybridized carbons (Fsp3) is 0.571. The maximum absolute atomic E-state index is 12.5. The maximum Gasteiger partial charge on any atom is 0.416 e. The summed E-state index contributed by atoms with van der Waals surface area (Å²) < 4.78 is 37.6. The van der Waals surface area contributed by atoms with Crippen LogP contribution in [0.2, 0.25) is 0 Å². The van der Waals surface area contributed by atoms with E-state index in [9.17, 15) is 18.3 Å². The molecule has 1 rings (SSSR count). The van der Waals surface area contributed by atoms with Crippen LogP contribution in [0.3, 0.4) is 0 Å². The SMILES string of the molecule is CCC(C)(C)C(O)Cc1cccc(C(F)(F)F)c1. The van der Waals surface area contributed by atoms with Gasteiger partial charge in [0.15, 0.2) is 0 Å². The fourth-order valence-corrected chi connectivity index (χ4v) is 1.61. The second-order valence-electron chi connectivity index (χ2n) is 5.26. The van der Waals surface area contributed by atoms with Crippen molar-refractivity contribution >= 4 is 0 Å². The van der Waals surface area contributed by atoms with E-state index in [1.807, 2.05) is 20.8 Å². The lowest BCUT2D eigenvalue weighted by Gasteiger charge is -2.29. The lowest BCUT2D eigenvalue weighted by Crippen LogP contribution is -2.30. The zero-order chi connectivity index (χ0) is 14.0. The molecule has 1 nitrogen and oxygen atoms in total. The predicted octanol–water partition coefficient (Wildman–Crippen LogP) is 4.05. The Morgan fingerprint density at radius 2 is 1.83 bits per heavy atom. The van der Waals surface area contributed by atoms with E-state index in [1.165, 1.54) is 6.07 Å². The molecule has 0 fully saturated rings. The highest BCUT2D eigenvalue weighted by atomic mass is 19.4. The van der Waals surface area contributed by atoms with E-state index in [0.717, 1.165) is 18.6 Å². The van der Waals surface area contributed by atoms with Gasteiger partial charge < -0.3 is 5.11 Å². The van der Waals surface area contributed by atoms with Gasteiger partial charge in [0, 0.05) is 0 Å². The molecule has 0 bridgehead atoms. The first-order chi connectivity index (χ1) is 8.16. The van der Waals surface area contributed by atoms with Gasteiger partial charge in [-0.25, -0.2) is 0 Å². The van der Waals surface area contributed by atoms with Crippen LogP contribution in [-0.4, -0.2) is 11.2 Å². The summed E-state index contributed by atoms with van der Waals surface area (Å²) in [5.41, 5.74) is -0.450. The van der Waals surface area contributed by atoms with Gasteiger partial charge in [-0.15, -0.1) is 0 Å². The van der Waals surface area contributed by atoms with Crippen molar-refractivity contribution < 1.29 is 18.3 Å². The third-order valence-corrected chi connectivity index (χ3v) is 3.50. The van der Waals surface area contributed by atoms with Crippen molar-refractivity contribution in [3.8, 4) is 0 Å². The van der Waals surface area contributed by atoms with Crippen molar-refractivity contribution in [2.24, 2.45) is 5.41 Å². The van der Waals surface area contributed by atoms with Crippen LogP contribution < -0.4 is 0 Å². The average Bonchev–Trinajstić information content (AvgIpc) is 2.28. The van der Waals surface area contributed by atoms with E-state index in [0.29, 0.717) is 5.56 Å². The summed E-state index contributed by atoms with van der Waals surface area (Å²) in [7, 11) is 0. The van der Waals surface area contributed by atoms with Gasteiger partial charge in [0.1, 0.15) is 0 Å². The molecule has 0 saturated carbocycles. The molecule has 0 amide bonds. The van der Waals surface area contributed by atoms with Gasteiger partial charge >= 0.3 is 6.18 Å². The summed E-state index contributed by atoms with van der Waals surface area (Å²) in [6.07, 6.45) is -3.97. The molecule has 0 aliphatic rings. The zero-order valence-electron chi connectivity index (χ0n) is 10.9. The molecular formula is C14H19F3O. The molecule has 1 unspecified atom stereocenters. The molecule has 0 aromatic heterocycles. The minimum Gasteiger partial charge on any atom is -0.392 e. The molecule has 1 aromatic carbocycles. The summed E-state index contributed by atoms with van der Waals surface area (Å²) in [5.74, 6) is 0. The summed E-state index contributed by atoms with van der Waals surface area (Å²) in [6, 6.07) is 5.14. The van der Waals surface area contributed by atoms with E-state index in [2.05, 4.69) is 0 Å². The van der Waals surface area contributed by atoms with Gasteiger partial charge in [-0.3, -0.25) is 0 Å². The van der Waals surface area contributed by atoms with Gasteiger partial charge in [0.2, 0.25) is 0 Å². The Kier molecular flexibility index (Phi) is 4.43. The molecule has 1 aromatic rings. The Balaban J connectivity index is 2.86. The number of hydrogen-bond acceptors (Lipinski definition) is 1. The zero-order valence-corrected chi connectivity index (χ0v) is 10.9. The third kappa shape index (κ3) is 3.73. The molecule has 0 aliphatic heterocycles. The highest BCUT2D eigenvalue weighted by molar-refractivity contribution is 5.26. The highest BCUT2D eigenvalue weighted by Crippen LogP contribution is 2.31. The third-order valence-electron chi connectivity index (χ3n) is 3.50. The standard InChI is InChI=1S/C14H19F3O/c1-4-13(2,3)12(18)9-10-6-5-7-11(8-10)14(15,16)17/h5-8,12,18H,4,9H2,1-3H3. The molecule has 0 aliphatic carbocycles. The maximum atomic E-state index is 12.5. The lowest BCUT2D eigenvalue weighted by atomic mass is 9.81. The van der Waals surface area contributed by atoms with Gasteiger partial charge in [-0.05, 0) is 29.9 Å². The van der Waals surface area contributed by atoms with Crippen LogP contribution in [0.4, 0.5) is 13.2 Å². The predicted molar refractivity (Wildman–Crippen MR) is 65.2 cm³/mol. The molecule has 0 radical (unpaired) electrons. The number of rotatable bonds is 4. The summed E-state index contributed by atoms with van der Waals surface area (Å²) in [4.78, 5) is 0. The van der Waals surface area contributed by atoms with E-state index in [1.54, 1.807) is 6.07 Å². The Morgan fingerprint density at radius 1 is 1.22 bits per heavy atom. The topological polar surface area (TPSA) is 20.2 Å². The van der Waals surface area contributed by atoms with Crippen molar-refractivity contribution in [2.45, 2.75) is 45.9 Å². The van der Waals surface area contributed by atoms with E-state index in [4.69, 9.17) is 0 Å². The Labute approximate surface area is 106 Å². The number of benzene rings is 1. The second kappa shape index (κ2) is 5.31. The quantitative estimate of drug-likeness (QED) is 0.866. The minimum absolute atomic E-state index is 0.241. The first kappa shape index (κ1) is 15.0. The largest absolute Gasteiger partial charge is 0.416 e. The van der Waals surface area contributed by atoms with Crippen LogP contribution >= 0.6 is 0 Å². The minimum atomic E-state index is -4.33. The first-order valence-corrected chi connectivity index (χ1v) is 6.01. The first-order valence-electron chi connectivity index (χ1n) is 6.01. The summed E-state index contributed by atoms with van der Waals surface area (Å²) >= 11 is 0. The molecule has 0 spiro atoms. The van der Waals surface area contributed by atoms with E-state index < -0.39 is 17.8 Å². The lowest BCUT2D eigenvalue weighted by molar-refractivity contribution is -0.137. The highest BCUT2D eigenvalue weighted by Gasteiger charge is 2.31. The van der Waals surface area contributed by atoms with Crippen LogP contribution in [0.1, 0.15) is 38.3 Å². The van der Waals surface area contributed by atoms with Gasteiger partial charge in [0.25, 0.3) is 0 Å². The van der Waals surface area contributed by atoms with Crippen LogP contribution in [0, 0.1) is 5.41 Å². The number of aliphatic hydroxyl groups excluding tert-OH is 1. The Morgan fingerprint density at radius 3 is 2.33 bits per heavy atom. The van der Waals surface area contributed by atoms with Crippen LogP contribution in [0.15, 0.2) is 24.3 Å². The molecule has 18 heavy (non-hydrogen) atoms. The normalized spacial score (nSPS) is 14.6. The molecule has 0 heterocycles. The van der Waals surface area contributed by atoms with Crippen molar-refractivity contribution in [3.63, 3.8) is 0 Å². The molecule has 1 atom stereocenters. The number of aliphatic hydroxyl groups is 1. The van der Waals surface area contributed by atoms with Crippen molar-refractivity contribution in [1.82, 2.24) is 0 Å². The van der Waals surface area contributed by atoms with Crippen LogP contribution in [-0.2, 0) is 12.6 Å². The molecule has 4 heteroatoms. The monoisotopic (exact) mass is 260 g/mol. The van der Waals surface area contributed by atoms with E-state index >= 15 is 0 Å². The second-order valence-corrected chi connectivity index (χ2v) is 5.26. The van der Waals surface area contributed by atoms with Crippen LogP contribution in [0.25, 0.3) is 0 Å². The number of hydrogen-bond donors (Lipinski definition) is 1. The molecular weight excluding hydrogens is 241 g/mol. The van der Waals surface area contributed by atoms with Gasteiger partial charge in [0.05, 0.1) is 11.7 Å². The summed E-state index contributed by atoms with van der Waals surface area (Å²) in [5, 5.41) is 10.0. The van der Waals surface area contributed by atoms with Crippen molar-refractivity contribution in [1.29, 1.82) is 0 Å². The van der Waals surface area contributed by atoms with Crippen LogP contribution in [0.5, 0.6) is 0 Å². The Bertz CT molecular complexity index is 396. The molecule has 0 saturated heterocycles. The van der Waals surface area contributed by atoms with Gasteiger partial charge in [-0.1, -0.05) is 39.0 Å². The molecule has 1 N–H and O–H groups in total. The van der Waals surface area contributed by atoms with Gasteiger partial charge in [-0.2, -0.15) is 13.2 Å². The summed E-state index contributed by atoms with van der Waals surface area (Å²) in [6.45, 7) is 5.77. The number of halogens is 3. The van der Waals surface area contributed by atoms with E-state index in [-0.39, 0.29) is 11.8 Å². The smallest absolute Gasteiger partial charge is 0.392 e. The Hall–Kier alpha value is -1.03.